The fourth-order valence-electron chi connectivity index (χ4n) is 1.86. The lowest BCUT2D eigenvalue weighted by Gasteiger charge is -2.08. The minimum atomic E-state index is 0.656. The molecule has 100 valence electrons. The van der Waals surface area contributed by atoms with Crippen molar-refractivity contribution in [2.45, 2.75) is 20.3 Å². The van der Waals surface area contributed by atoms with Gasteiger partial charge in [-0.05, 0) is 38.0 Å². The summed E-state index contributed by atoms with van der Waals surface area (Å²) in [4.78, 5) is 8.56. The summed E-state index contributed by atoms with van der Waals surface area (Å²) < 4.78 is 0. The third-order valence-electron chi connectivity index (χ3n) is 2.68. The van der Waals surface area contributed by atoms with Crippen LogP contribution in [-0.4, -0.2) is 16.5 Å². The Balaban J connectivity index is 1.96. The SMILES string of the molecule is Cc1cc(NCCc2ccc(Cl)cc2Cl)nc(C)n1. The fourth-order valence-corrected chi connectivity index (χ4v) is 2.36. The van der Waals surface area contributed by atoms with Gasteiger partial charge in [-0.3, -0.25) is 0 Å². The van der Waals surface area contributed by atoms with Crippen LogP contribution in [0.5, 0.6) is 0 Å². The topological polar surface area (TPSA) is 37.8 Å². The van der Waals surface area contributed by atoms with E-state index in [0.717, 1.165) is 35.9 Å². The first-order valence-electron chi connectivity index (χ1n) is 6.04. The monoisotopic (exact) mass is 295 g/mol. The lowest BCUT2D eigenvalue weighted by Crippen LogP contribution is -2.08. The summed E-state index contributed by atoms with van der Waals surface area (Å²) in [6.07, 6.45) is 0.818. The van der Waals surface area contributed by atoms with Crippen LogP contribution in [0.3, 0.4) is 0 Å². The summed E-state index contributed by atoms with van der Waals surface area (Å²) >= 11 is 12.0. The molecular weight excluding hydrogens is 281 g/mol. The number of rotatable bonds is 4. The van der Waals surface area contributed by atoms with E-state index in [1.807, 2.05) is 32.0 Å². The number of aryl methyl sites for hydroxylation is 2. The summed E-state index contributed by atoms with van der Waals surface area (Å²) in [5.74, 6) is 1.61. The first-order valence-corrected chi connectivity index (χ1v) is 6.80. The van der Waals surface area contributed by atoms with E-state index in [9.17, 15) is 0 Å². The fraction of sp³-hybridized carbons (Fsp3) is 0.286. The molecule has 1 aromatic carbocycles. The number of benzene rings is 1. The summed E-state index contributed by atoms with van der Waals surface area (Å²) in [6.45, 7) is 4.60. The Hall–Kier alpha value is -1.32. The van der Waals surface area contributed by atoms with Gasteiger partial charge in [-0.2, -0.15) is 0 Å². The van der Waals surface area contributed by atoms with Crippen LogP contribution in [0.2, 0.25) is 10.0 Å². The summed E-state index contributed by atoms with van der Waals surface area (Å²) in [5.41, 5.74) is 2.03. The zero-order chi connectivity index (χ0) is 13.8. The van der Waals surface area contributed by atoms with Crippen molar-refractivity contribution in [1.29, 1.82) is 0 Å². The zero-order valence-electron chi connectivity index (χ0n) is 10.9. The second kappa shape index (κ2) is 6.22. The molecule has 2 aromatic rings. The van der Waals surface area contributed by atoms with Crippen LogP contribution in [0.4, 0.5) is 5.82 Å². The molecular formula is C14H15Cl2N3. The molecule has 0 aliphatic heterocycles. The number of anilines is 1. The number of nitrogens with zero attached hydrogens (tertiary/aromatic N) is 2. The van der Waals surface area contributed by atoms with Crippen LogP contribution in [-0.2, 0) is 6.42 Å². The van der Waals surface area contributed by atoms with Gasteiger partial charge in [0, 0.05) is 28.4 Å². The van der Waals surface area contributed by atoms with E-state index in [2.05, 4.69) is 15.3 Å². The third kappa shape index (κ3) is 4.08. The van der Waals surface area contributed by atoms with Gasteiger partial charge in [0.1, 0.15) is 11.6 Å². The Morgan fingerprint density at radius 3 is 2.58 bits per heavy atom. The Morgan fingerprint density at radius 1 is 1.11 bits per heavy atom. The molecule has 2 rings (SSSR count). The Morgan fingerprint density at radius 2 is 1.89 bits per heavy atom. The van der Waals surface area contributed by atoms with Crippen LogP contribution in [0, 0.1) is 13.8 Å². The second-order valence-corrected chi connectivity index (χ2v) is 5.20. The summed E-state index contributed by atoms with van der Waals surface area (Å²) in [7, 11) is 0. The summed E-state index contributed by atoms with van der Waals surface area (Å²) in [5, 5.41) is 4.63. The van der Waals surface area contributed by atoms with Crippen molar-refractivity contribution in [2.75, 3.05) is 11.9 Å². The molecule has 0 amide bonds. The first-order chi connectivity index (χ1) is 9.04. The van der Waals surface area contributed by atoms with Gasteiger partial charge in [-0.15, -0.1) is 0 Å². The minimum absolute atomic E-state index is 0.656. The maximum atomic E-state index is 6.12. The van der Waals surface area contributed by atoms with Crippen molar-refractivity contribution >= 4 is 29.0 Å². The highest BCUT2D eigenvalue weighted by Gasteiger charge is 2.02. The number of hydrogen-bond donors (Lipinski definition) is 1. The lowest BCUT2D eigenvalue weighted by molar-refractivity contribution is 0.966. The van der Waals surface area contributed by atoms with Gasteiger partial charge in [0.05, 0.1) is 0 Å². The van der Waals surface area contributed by atoms with Gasteiger partial charge >= 0.3 is 0 Å². The molecule has 1 N–H and O–H groups in total. The second-order valence-electron chi connectivity index (χ2n) is 4.35. The zero-order valence-corrected chi connectivity index (χ0v) is 12.4. The molecule has 3 nitrogen and oxygen atoms in total. The quantitative estimate of drug-likeness (QED) is 0.924. The highest BCUT2D eigenvalue weighted by atomic mass is 35.5. The van der Waals surface area contributed by atoms with Crippen LogP contribution in [0.1, 0.15) is 17.1 Å². The van der Waals surface area contributed by atoms with Gasteiger partial charge in [0.25, 0.3) is 0 Å². The maximum Gasteiger partial charge on any atom is 0.129 e. The molecule has 0 radical (unpaired) electrons. The van der Waals surface area contributed by atoms with Gasteiger partial charge in [-0.25, -0.2) is 9.97 Å². The molecule has 0 unspecified atom stereocenters. The van der Waals surface area contributed by atoms with E-state index in [1.54, 1.807) is 6.07 Å². The van der Waals surface area contributed by atoms with Crippen molar-refractivity contribution in [3.8, 4) is 0 Å². The van der Waals surface area contributed by atoms with E-state index in [4.69, 9.17) is 23.2 Å². The van der Waals surface area contributed by atoms with Gasteiger partial charge < -0.3 is 5.32 Å². The Kier molecular flexibility index (Phi) is 4.61. The number of nitrogens with one attached hydrogen (secondary N) is 1. The predicted molar refractivity (Wildman–Crippen MR) is 80.2 cm³/mol. The average molecular weight is 296 g/mol. The predicted octanol–water partition coefficient (Wildman–Crippen LogP) is 4.05. The van der Waals surface area contributed by atoms with E-state index in [0.29, 0.717) is 10.0 Å². The van der Waals surface area contributed by atoms with Gasteiger partial charge in [0.2, 0.25) is 0 Å². The van der Waals surface area contributed by atoms with Crippen LogP contribution < -0.4 is 5.32 Å². The highest BCUT2D eigenvalue weighted by Crippen LogP contribution is 2.21. The number of halogens is 2. The van der Waals surface area contributed by atoms with E-state index < -0.39 is 0 Å². The Bertz CT molecular complexity index is 565. The minimum Gasteiger partial charge on any atom is -0.370 e. The largest absolute Gasteiger partial charge is 0.370 e. The molecule has 0 saturated carbocycles. The van der Waals surface area contributed by atoms with Crippen molar-refractivity contribution in [2.24, 2.45) is 0 Å². The van der Waals surface area contributed by atoms with Crippen LogP contribution in [0.15, 0.2) is 24.3 Å². The van der Waals surface area contributed by atoms with Crippen LogP contribution in [0.25, 0.3) is 0 Å². The maximum absolute atomic E-state index is 6.12. The standard InChI is InChI=1S/C14H15Cl2N3/c1-9-7-14(19-10(2)18-9)17-6-5-11-3-4-12(15)8-13(11)16/h3-4,7-8H,5-6H2,1-2H3,(H,17,18,19). The molecule has 19 heavy (non-hydrogen) atoms. The van der Waals surface area contributed by atoms with Gasteiger partial charge in [-0.1, -0.05) is 29.3 Å². The van der Waals surface area contributed by atoms with Gasteiger partial charge in [0.15, 0.2) is 0 Å². The molecule has 1 aromatic heterocycles. The van der Waals surface area contributed by atoms with Crippen molar-refractivity contribution in [1.82, 2.24) is 9.97 Å². The molecule has 0 bridgehead atoms. The van der Waals surface area contributed by atoms with E-state index in [-0.39, 0.29) is 0 Å². The smallest absolute Gasteiger partial charge is 0.129 e. The van der Waals surface area contributed by atoms with Crippen molar-refractivity contribution in [3.05, 3.63) is 51.4 Å². The van der Waals surface area contributed by atoms with Crippen LogP contribution >= 0.6 is 23.2 Å². The molecule has 0 aliphatic rings. The average Bonchev–Trinajstić information content (AvgIpc) is 2.30. The number of hydrogen-bond acceptors (Lipinski definition) is 3. The van der Waals surface area contributed by atoms with E-state index in [1.165, 1.54) is 0 Å². The van der Waals surface area contributed by atoms with Crippen molar-refractivity contribution < 1.29 is 0 Å². The molecule has 0 atom stereocenters. The molecule has 1 heterocycles. The normalized spacial score (nSPS) is 10.5. The lowest BCUT2D eigenvalue weighted by atomic mass is 10.1. The molecule has 0 spiro atoms. The first kappa shape index (κ1) is 14.1. The molecule has 5 heteroatoms. The number of aromatic nitrogens is 2. The molecule has 0 fully saturated rings. The van der Waals surface area contributed by atoms with E-state index >= 15 is 0 Å². The molecule has 0 saturated heterocycles. The summed E-state index contributed by atoms with van der Waals surface area (Å²) in [6, 6.07) is 7.48. The van der Waals surface area contributed by atoms with Crippen molar-refractivity contribution in [3.63, 3.8) is 0 Å². The highest BCUT2D eigenvalue weighted by molar-refractivity contribution is 6.35. The molecule has 0 aliphatic carbocycles. The Labute approximate surface area is 123 Å². The third-order valence-corrected chi connectivity index (χ3v) is 3.27.